The summed E-state index contributed by atoms with van der Waals surface area (Å²) in [5.74, 6) is -0.827. The van der Waals surface area contributed by atoms with Crippen LogP contribution in [0.1, 0.15) is 22.8 Å². The molecule has 0 N–H and O–H groups in total. The third kappa shape index (κ3) is 3.42. The Morgan fingerprint density at radius 3 is 2.60 bits per heavy atom. The minimum Gasteiger partial charge on any atom is -0.335 e. The number of benzene rings is 1. The molecule has 0 fully saturated rings. The van der Waals surface area contributed by atoms with Gasteiger partial charge in [-0.2, -0.15) is 0 Å². The molecule has 20 heavy (non-hydrogen) atoms. The lowest BCUT2D eigenvalue weighted by Crippen LogP contribution is -2.31. The average molecular weight is 337 g/mol. The Morgan fingerprint density at radius 1 is 1.30 bits per heavy atom. The van der Waals surface area contributed by atoms with Gasteiger partial charge in [0.2, 0.25) is 0 Å². The number of rotatable bonds is 4. The van der Waals surface area contributed by atoms with Gasteiger partial charge in [0.15, 0.2) is 0 Å². The number of carbonyl (C=O) groups excluding carboxylic acids is 1. The minimum atomic E-state index is -0.516. The summed E-state index contributed by atoms with van der Waals surface area (Å²) in [6.07, 6.45) is 3.35. The van der Waals surface area contributed by atoms with E-state index >= 15 is 0 Å². The normalized spacial score (nSPS) is 10.3. The van der Waals surface area contributed by atoms with E-state index in [1.54, 1.807) is 23.4 Å². The number of amides is 1. The molecule has 0 aliphatic rings. The van der Waals surface area contributed by atoms with Crippen molar-refractivity contribution in [3.8, 4) is 0 Å². The maximum atomic E-state index is 13.8. The van der Waals surface area contributed by atoms with Gasteiger partial charge in [0.1, 0.15) is 5.82 Å². The third-order valence-electron chi connectivity index (χ3n) is 2.95. The second-order valence-electron chi connectivity index (χ2n) is 4.30. The van der Waals surface area contributed by atoms with E-state index in [9.17, 15) is 9.18 Å². The molecule has 0 atom stereocenters. The summed E-state index contributed by atoms with van der Waals surface area (Å²) >= 11 is 3.18. The number of aromatic nitrogens is 1. The Morgan fingerprint density at radius 2 is 2.00 bits per heavy atom. The van der Waals surface area contributed by atoms with Gasteiger partial charge in [-0.25, -0.2) is 4.39 Å². The number of halogens is 2. The van der Waals surface area contributed by atoms with Gasteiger partial charge in [-0.05, 0) is 42.8 Å². The van der Waals surface area contributed by atoms with Gasteiger partial charge in [0.25, 0.3) is 5.91 Å². The van der Waals surface area contributed by atoms with Crippen molar-refractivity contribution in [1.82, 2.24) is 9.88 Å². The first-order valence-corrected chi connectivity index (χ1v) is 7.04. The molecule has 5 heteroatoms. The van der Waals surface area contributed by atoms with Gasteiger partial charge in [0.05, 0.1) is 5.56 Å². The molecule has 0 bridgehead atoms. The van der Waals surface area contributed by atoms with Gasteiger partial charge in [-0.3, -0.25) is 9.78 Å². The summed E-state index contributed by atoms with van der Waals surface area (Å²) in [6, 6.07) is 8.14. The summed E-state index contributed by atoms with van der Waals surface area (Å²) < 4.78 is 14.5. The molecular weight excluding hydrogens is 323 g/mol. The van der Waals surface area contributed by atoms with E-state index in [-0.39, 0.29) is 11.5 Å². The fourth-order valence-electron chi connectivity index (χ4n) is 1.87. The predicted octanol–water partition coefficient (Wildman–Crippen LogP) is 3.65. The highest BCUT2D eigenvalue weighted by Gasteiger charge is 2.18. The molecule has 104 valence electrons. The maximum Gasteiger partial charge on any atom is 0.257 e. The van der Waals surface area contributed by atoms with Crippen LogP contribution >= 0.6 is 15.9 Å². The van der Waals surface area contributed by atoms with Crippen LogP contribution in [-0.4, -0.2) is 22.3 Å². The van der Waals surface area contributed by atoms with Crippen molar-refractivity contribution in [1.29, 1.82) is 0 Å². The third-order valence-corrected chi connectivity index (χ3v) is 3.45. The molecule has 0 saturated heterocycles. The van der Waals surface area contributed by atoms with Crippen molar-refractivity contribution < 1.29 is 9.18 Å². The highest BCUT2D eigenvalue weighted by atomic mass is 79.9. The van der Waals surface area contributed by atoms with E-state index < -0.39 is 5.82 Å². The van der Waals surface area contributed by atoms with E-state index in [1.165, 1.54) is 12.1 Å². The van der Waals surface area contributed by atoms with Gasteiger partial charge >= 0.3 is 0 Å². The molecule has 0 saturated carbocycles. The van der Waals surface area contributed by atoms with Crippen molar-refractivity contribution >= 4 is 21.8 Å². The molecule has 0 aliphatic heterocycles. The summed E-state index contributed by atoms with van der Waals surface area (Å²) in [7, 11) is 0. The summed E-state index contributed by atoms with van der Waals surface area (Å²) in [4.78, 5) is 17.9. The average Bonchev–Trinajstić information content (AvgIpc) is 2.45. The Hall–Kier alpha value is -1.75. The Kier molecular flexibility index (Phi) is 4.84. The number of hydrogen-bond donors (Lipinski definition) is 0. The first kappa shape index (κ1) is 14.7. The Bertz CT molecular complexity index is 604. The molecule has 2 aromatic rings. The molecule has 1 amide bonds. The van der Waals surface area contributed by atoms with Crippen molar-refractivity contribution in [2.45, 2.75) is 13.5 Å². The first-order chi connectivity index (χ1) is 9.61. The first-order valence-electron chi connectivity index (χ1n) is 6.25. The van der Waals surface area contributed by atoms with Crippen LogP contribution in [0.5, 0.6) is 0 Å². The van der Waals surface area contributed by atoms with Crippen LogP contribution in [0.3, 0.4) is 0 Å². The minimum absolute atomic E-state index is 0.0871. The van der Waals surface area contributed by atoms with Crippen LogP contribution in [0.25, 0.3) is 0 Å². The molecule has 0 unspecified atom stereocenters. The van der Waals surface area contributed by atoms with E-state index in [1.807, 2.05) is 19.1 Å². The molecule has 2 rings (SSSR count). The SMILES string of the molecule is CCN(Cc1ccncc1)C(=O)c1ccc(Br)cc1F. The van der Waals surface area contributed by atoms with Crippen molar-refractivity contribution in [3.63, 3.8) is 0 Å². The molecule has 0 aliphatic carbocycles. The van der Waals surface area contributed by atoms with Gasteiger partial charge < -0.3 is 4.90 Å². The second kappa shape index (κ2) is 6.61. The molecule has 3 nitrogen and oxygen atoms in total. The van der Waals surface area contributed by atoms with Gasteiger partial charge in [-0.15, -0.1) is 0 Å². The van der Waals surface area contributed by atoms with Gasteiger partial charge in [0, 0.05) is 30.0 Å². The van der Waals surface area contributed by atoms with E-state index in [0.29, 0.717) is 17.6 Å². The zero-order valence-electron chi connectivity index (χ0n) is 11.0. The zero-order chi connectivity index (χ0) is 14.5. The quantitative estimate of drug-likeness (QED) is 0.853. The van der Waals surface area contributed by atoms with Crippen LogP contribution in [0.4, 0.5) is 4.39 Å². The second-order valence-corrected chi connectivity index (χ2v) is 5.21. The van der Waals surface area contributed by atoms with E-state index in [0.717, 1.165) is 5.56 Å². The lowest BCUT2D eigenvalue weighted by molar-refractivity contribution is 0.0748. The lowest BCUT2D eigenvalue weighted by atomic mass is 10.1. The van der Waals surface area contributed by atoms with Gasteiger partial charge in [-0.1, -0.05) is 15.9 Å². The van der Waals surface area contributed by atoms with Crippen LogP contribution in [0, 0.1) is 5.82 Å². The Balaban J connectivity index is 2.21. The van der Waals surface area contributed by atoms with Crippen LogP contribution in [0.2, 0.25) is 0 Å². The van der Waals surface area contributed by atoms with Crippen molar-refractivity contribution in [2.24, 2.45) is 0 Å². The number of carbonyl (C=O) groups is 1. The zero-order valence-corrected chi connectivity index (χ0v) is 12.6. The molecular formula is C15H14BrFN2O. The molecule has 1 heterocycles. The molecule has 0 radical (unpaired) electrons. The molecule has 0 spiro atoms. The topological polar surface area (TPSA) is 33.2 Å². The fraction of sp³-hybridized carbons (Fsp3) is 0.200. The summed E-state index contributed by atoms with van der Waals surface area (Å²) in [5, 5.41) is 0. The number of nitrogens with zero attached hydrogens (tertiary/aromatic N) is 2. The highest BCUT2D eigenvalue weighted by molar-refractivity contribution is 9.10. The monoisotopic (exact) mass is 336 g/mol. The van der Waals surface area contributed by atoms with E-state index in [4.69, 9.17) is 0 Å². The largest absolute Gasteiger partial charge is 0.335 e. The Labute approximate surface area is 125 Å². The number of hydrogen-bond acceptors (Lipinski definition) is 2. The number of pyridine rings is 1. The summed E-state index contributed by atoms with van der Waals surface area (Å²) in [6.45, 7) is 2.82. The van der Waals surface area contributed by atoms with Crippen molar-refractivity contribution in [3.05, 3.63) is 64.1 Å². The maximum absolute atomic E-state index is 13.8. The van der Waals surface area contributed by atoms with Crippen LogP contribution < -0.4 is 0 Å². The standard InChI is InChI=1S/C15H14BrFN2O/c1-2-19(10-11-5-7-18-8-6-11)15(20)13-4-3-12(16)9-14(13)17/h3-9H,2,10H2,1H3. The molecule has 1 aromatic heterocycles. The fourth-order valence-corrected chi connectivity index (χ4v) is 2.20. The summed E-state index contributed by atoms with van der Waals surface area (Å²) in [5.41, 5.74) is 1.05. The lowest BCUT2D eigenvalue weighted by Gasteiger charge is -2.21. The van der Waals surface area contributed by atoms with E-state index in [2.05, 4.69) is 20.9 Å². The van der Waals surface area contributed by atoms with Crippen LogP contribution in [-0.2, 0) is 6.54 Å². The molecule has 1 aromatic carbocycles. The van der Waals surface area contributed by atoms with Crippen LogP contribution in [0.15, 0.2) is 47.2 Å². The smallest absolute Gasteiger partial charge is 0.257 e. The predicted molar refractivity (Wildman–Crippen MR) is 78.8 cm³/mol. The highest BCUT2D eigenvalue weighted by Crippen LogP contribution is 2.17. The van der Waals surface area contributed by atoms with Crippen molar-refractivity contribution in [2.75, 3.05) is 6.54 Å².